The smallest absolute Gasteiger partial charge is 0.187 e. The third-order valence-electron chi connectivity index (χ3n) is 6.05. The molecule has 0 aromatic carbocycles. The Kier molecular flexibility index (Phi) is 8.99. The lowest BCUT2D eigenvalue weighted by Crippen LogP contribution is -2.66. The van der Waals surface area contributed by atoms with Crippen molar-refractivity contribution in [1.29, 1.82) is 0 Å². The Morgan fingerprint density at radius 1 is 0.545 bits per heavy atom. The van der Waals surface area contributed by atoms with Crippen molar-refractivity contribution >= 4 is 0 Å². The third-order valence-corrected chi connectivity index (χ3v) is 6.05. The summed E-state index contributed by atoms with van der Waals surface area (Å²) in [5.41, 5.74) is 0. The van der Waals surface area contributed by atoms with E-state index in [1.165, 1.54) is 6.92 Å². The Balaban J connectivity index is 1.75. The zero-order valence-corrected chi connectivity index (χ0v) is 17.6. The molecule has 3 aliphatic rings. The summed E-state index contributed by atoms with van der Waals surface area (Å²) >= 11 is 0. The third kappa shape index (κ3) is 5.32. The molecule has 0 radical (unpaired) electrons. The molecule has 15 atom stereocenters. The lowest BCUT2D eigenvalue weighted by Gasteiger charge is -2.47. The number of hydrogen-bond donors (Lipinski definition) is 10. The van der Waals surface area contributed by atoms with E-state index in [4.69, 9.17) is 23.7 Å². The van der Waals surface area contributed by atoms with Gasteiger partial charge in [-0.15, -0.1) is 0 Å². The maximum atomic E-state index is 10.8. The van der Waals surface area contributed by atoms with Gasteiger partial charge >= 0.3 is 0 Å². The van der Waals surface area contributed by atoms with Crippen molar-refractivity contribution < 1.29 is 74.7 Å². The van der Waals surface area contributed by atoms with E-state index in [0.717, 1.165) is 0 Å². The van der Waals surface area contributed by atoms with Crippen LogP contribution in [0.3, 0.4) is 0 Å². The highest BCUT2D eigenvalue weighted by molar-refractivity contribution is 4.95. The minimum Gasteiger partial charge on any atom is -0.394 e. The molecule has 0 aromatic rings. The van der Waals surface area contributed by atoms with E-state index in [1.54, 1.807) is 0 Å². The highest BCUT2D eigenvalue weighted by Gasteiger charge is 2.53. The van der Waals surface area contributed by atoms with E-state index >= 15 is 0 Å². The zero-order chi connectivity index (χ0) is 24.6. The molecule has 0 unspecified atom stereocenters. The number of aliphatic hydroxyl groups excluding tert-OH is 10. The summed E-state index contributed by atoms with van der Waals surface area (Å²) < 4.78 is 26.6. The lowest BCUT2D eigenvalue weighted by molar-refractivity contribution is -0.381. The van der Waals surface area contributed by atoms with Crippen LogP contribution in [-0.4, -0.2) is 156 Å². The van der Waals surface area contributed by atoms with Gasteiger partial charge in [-0.05, 0) is 6.92 Å². The summed E-state index contributed by atoms with van der Waals surface area (Å²) in [6.07, 6.45) is -23.9. The van der Waals surface area contributed by atoms with Crippen LogP contribution in [0.4, 0.5) is 0 Å². The van der Waals surface area contributed by atoms with E-state index in [0.29, 0.717) is 0 Å². The van der Waals surface area contributed by atoms with Gasteiger partial charge in [-0.3, -0.25) is 0 Å². The first-order valence-corrected chi connectivity index (χ1v) is 10.4. The molecule has 0 amide bonds. The Morgan fingerprint density at radius 3 is 1.64 bits per heavy atom. The van der Waals surface area contributed by atoms with Crippen LogP contribution in [0.2, 0.25) is 0 Å². The van der Waals surface area contributed by atoms with Gasteiger partial charge in [0.15, 0.2) is 18.9 Å². The molecule has 3 fully saturated rings. The maximum absolute atomic E-state index is 10.8. The Labute approximate surface area is 187 Å². The molecule has 15 nitrogen and oxygen atoms in total. The molecule has 0 spiro atoms. The van der Waals surface area contributed by atoms with Crippen LogP contribution in [0.1, 0.15) is 6.92 Å². The van der Waals surface area contributed by atoms with Gasteiger partial charge in [-0.1, -0.05) is 0 Å². The van der Waals surface area contributed by atoms with Gasteiger partial charge in [0.25, 0.3) is 0 Å². The van der Waals surface area contributed by atoms with Crippen molar-refractivity contribution in [2.75, 3.05) is 13.2 Å². The number of hydrogen-bond acceptors (Lipinski definition) is 15. The van der Waals surface area contributed by atoms with Gasteiger partial charge in [-0.25, -0.2) is 0 Å². The molecular weight excluding hydrogens is 456 g/mol. The average molecular weight is 488 g/mol. The fourth-order valence-electron chi connectivity index (χ4n) is 3.99. The van der Waals surface area contributed by atoms with Gasteiger partial charge in [0, 0.05) is 0 Å². The molecule has 194 valence electrons. The van der Waals surface area contributed by atoms with E-state index < -0.39 is 105 Å². The topological polar surface area (TPSA) is 248 Å². The molecule has 0 aliphatic carbocycles. The predicted molar refractivity (Wildman–Crippen MR) is 99.8 cm³/mol. The van der Waals surface area contributed by atoms with Crippen LogP contribution in [0, 0.1) is 0 Å². The molecule has 3 saturated heterocycles. The van der Waals surface area contributed by atoms with Crippen LogP contribution in [0.5, 0.6) is 0 Å². The van der Waals surface area contributed by atoms with Gasteiger partial charge in [0.05, 0.1) is 19.3 Å². The molecule has 33 heavy (non-hydrogen) atoms. The van der Waals surface area contributed by atoms with E-state index in [9.17, 15) is 51.1 Å². The quantitative estimate of drug-likeness (QED) is 0.167. The summed E-state index contributed by atoms with van der Waals surface area (Å²) in [6.45, 7) is -0.105. The van der Waals surface area contributed by atoms with Crippen molar-refractivity contribution in [3.05, 3.63) is 0 Å². The molecule has 3 heterocycles. The van der Waals surface area contributed by atoms with Crippen molar-refractivity contribution in [3.63, 3.8) is 0 Å². The summed E-state index contributed by atoms with van der Waals surface area (Å²) in [7, 11) is 0. The fourth-order valence-corrected chi connectivity index (χ4v) is 3.99. The maximum Gasteiger partial charge on any atom is 0.187 e. The highest BCUT2D eigenvalue weighted by Crippen LogP contribution is 2.32. The van der Waals surface area contributed by atoms with Crippen LogP contribution < -0.4 is 0 Å². The second-order valence-electron chi connectivity index (χ2n) is 8.32. The van der Waals surface area contributed by atoms with Crippen LogP contribution in [0.15, 0.2) is 0 Å². The summed E-state index contributed by atoms with van der Waals surface area (Å²) in [6, 6.07) is 0. The second-order valence-corrected chi connectivity index (χ2v) is 8.32. The van der Waals surface area contributed by atoms with Gasteiger partial charge in [-0.2, -0.15) is 0 Å². The minimum atomic E-state index is -1.86. The van der Waals surface area contributed by atoms with E-state index in [1.807, 2.05) is 0 Å². The summed E-state index contributed by atoms with van der Waals surface area (Å²) in [5, 5.41) is 99.8. The molecule has 10 N–H and O–H groups in total. The van der Waals surface area contributed by atoms with Crippen molar-refractivity contribution in [3.8, 4) is 0 Å². The van der Waals surface area contributed by atoms with Crippen LogP contribution in [-0.2, 0) is 23.7 Å². The predicted octanol–water partition coefficient (Wildman–Crippen LogP) is -6.55. The zero-order valence-electron chi connectivity index (χ0n) is 17.6. The Morgan fingerprint density at radius 2 is 1.06 bits per heavy atom. The fraction of sp³-hybridized carbons (Fsp3) is 1.00. The Bertz CT molecular complexity index is 624. The molecular formula is C18H32O15. The molecule has 15 heteroatoms. The summed E-state index contributed by atoms with van der Waals surface area (Å²) in [4.78, 5) is 0. The van der Waals surface area contributed by atoms with Crippen LogP contribution >= 0.6 is 0 Å². The molecule has 0 aromatic heterocycles. The number of aliphatic hydroxyl groups is 10. The number of ether oxygens (including phenoxy) is 5. The first-order valence-electron chi connectivity index (χ1n) is 10.4. The van der Waals surface area contributed by atoms with Gasteiger partial charge in [0.2, 0.25) is 0 Å². The molecule has 0 bridgehead atoms. The SMILES string of the molecule is C[C@H]1O[C@H](O[C@@H]2[C@@H](O)[C@@H](O[C@@H]3O[C@H](CO)[C@@H](O)[C@H](O)[C@H]3O)[C@@H](CO)O[C@H]2O)[C@@H](O)[C@@H](O)[C@@H]1O. The first-order chi connectivity index (χ1) is 15.5. The van der Waals surface area contributed by atoms with E-state index in [-0.39, 0.29) is 0 Å². The standard InChI is InChI=1S/C18H32O15/c1-4-7(21)9(23)11(25)17(29-4)33-15-13(27)14(6(3-20)30-16(15)28)32-18-12(26)10(24)8(22)5(2-19)31-18/h4-28H,2-3H2,1H3/t4-,5-,6-,7-,8-,9+,10+,11+,12-,13+,14+,15-,16-,17-,18+/m1/s1. The van der Waals surface area contributed by atoms with Gasteiger partial charge < -0.3 is 74.7 Å². The van der Waals surface area contributed by atoms with E-state index in [2.05, 4.69) is 0 Å². The molecule has 3 rings (SSSR count). The van der Waals surface area contributed by atoms with Crippen molar-refractivity contribution in [1.82, 2.24) is 0 Å². The van der Waals surface area contributed by atoms with Crippen molar-refractivity contribution in [2.45, 2.75) is 99.0 Å². The normalized spacial score (nSPS) is 53.7. The summed E-state index contributed by atoms with van der Waals surface area (Å²) in [5.74, 6) is 0. The number of rotatable bonds is 6. The Hall–Kier alpha value is -0.600. The first kappa shape index (κ1) is 27.0. The molecule has 3 aliphatic heterocycles. The second kappa shape index (κ2) is 11.0. The minimum absolute atomic E-state index is 0.730. The largest absolute Gasteiger partial charge is 0.394 e. The van der Waals surface area contributed by atoms with Gasteiger partial charge in [0.1, 0.15) is 67.1 Å². The average Bonchev–Trinajstić information content (AvgIpc) is 2.79. The van der Waals surface area contributed by atoms with Crippen molar-refractivity contribution in [2.24, 2.45) is 0 Å². The molecule has 0 saturated carbocycles. The lowest BCUT2D eigenvalue weighted by atomic mass is 9.96. The highest BCUT2D eigenvalue weighted by atomic mass is 16.8. The monoisotopic (exact) mass is 488 g/mol. The van der Waals surface area contributed by atoms with Crippen LogP contribution in [0.25, 0.3) is 0 Å².